The zero-order valence-electron chi connectivity index (χ0n) is 24.4. The van der Waals surface area contributed by atoms with Crippen molar-refractivity contribution in [1.29, 1.82) is 0 Å². The second-order valence-corrected chi connectivity index (χ2v) is 10.2. The summed E-state index contributed by atoms with van der Waals surface area (Å²) in [5, 5.41) is 22.3. The van der Waals surface area contributed by atoms with Crippen molar-refractivity contribution < 1.29 is 34.1 Å². The molecule has 0 saturated carbocycles. The average Bonchev–Trinajstić information content (AvgIpc) is 2.91. The number of carboxylic acids is 1. The molecule has 0 aromatic heterocycles. The number of rotatable bonds is 26. The van der Waals surface area contributed by atoms with Gasteiger partial charge in [0.05, 0.1) is 13.2 Å². The third-order valence-electron chi connectivity index (χ3n) is 6.51. The van der Waals surface area contributed by atoms with Gasteiger partial charge in [-0.2, -0.15) is 0 Å². The van der Waals surface area contributed by atoms with Crippen LogP contribution < -0.4 is 10.6 Å². The van der Waals surface area contributed by atoms with E-state index in [2.05, 4.69) is 36.6 Å². The monoisotopic (exact) mass is 554 g/mol. The van der Waals surface area contributed by atoms with E-state index in [4.69, 9.17) is 14.9 Å². The molecule has 0 spiro atoms. The maximum Gasteiger partial charge on any atom is 0.328 e. The Hall–Kier alpha value is -2.42. The molecule has 0 heterocycles. The highest BCUT2D eigenvalue weighted by Gasteiger charge is 2.19. The number of ether oxygens (including phenoxy) is 1. The van der Waals surface area contributed by atoms with E-state index >= 15 is 0 Å². The molecule has 2 unspecified atom stereocenters. The standard InChI is InChI=1S/C30H54N2O7/c1-3-5-7-8-9-10-11-12-13-14-18-22-29(36)39-25(19-6-4-2)20-16-15-17-21-27(34)31-23-28(35)32-26(24-33)30(37)38/h8-9,25-26,33H,3-7,10-24H2,1-2H3,(H,31,34)(H,32,35)(H,37,38)/b9-8-. The van der Waals surface area contributed by atoms with E-state index < -0.39 is 24.5 Å². The van der Waals surface area contributed by atoms with Crippen molar-refractivity contribution in [3.63, 3.8) is 0 Å². The fourth-order valence-corrected chi connectivity index (χ4v) is 4.09. The van der Waals surface area contributed by atoms with Crippen LogP contribution in [0.2, 0.25) is 0 Å². The van der Waals surface area contributed by atoms with Gasteiger partial charge in [-0.05, 0) is 51.4 Å². The number of esters is 1. The van der Waals surface area contributed by atoms with E-state index in [-0.39, 0.29) is 30.9 Å². The molecular weight excluding hydrogens is 500 g/mol. The van der Waals surface area contributed by atoms with Crippen molar-refractivity contribution >= 4 is 23.8 Å². The number of carbonyl (C=O) groups is 4. The lowest BCUT2D eigenvalue weighted by Crippen LogP contribution is -2.47. The summed E-state index contributed by atoms with van der Waals surface area (Å²) in [6.07, 6.45) is 21.5. The molecule has 9 heteroatoms. The highest BCUT2D eigenvalue weighted by molar-refractivity contribution is 5.87. The van der Waals surface area contributed by atoms with E-state index in [9.17, 15) is 19.2 Å². The normalized spacial score (nSPS) is 12.7. The quantitative estimate of drug-likeness (QED) is 0.0654. The smallest absolute Gasteiger partial charge is 0.328 e. The van der Waals surface area contributed by atoms with Crippen molar-refractivity contribution in [1.82, 2.24) is 10.6 Å². The summed E-state index contributed by atoms with van der Waals surface area (Å²) in [7, 11) is 0. The lowest BCUT2D eigenvalue weighted by molar-refractivity contribution is -0.150. The Morgan fingerprint density at radius 2 is 1.33 bits per heavy atom. The number of hydrogen-bond acceptors (Lipinski definition) is 6. The Morgan fingerprint density at radius 1 is 0.744 bits per heavy atom. The van der Waals surface area contributed by atoms with Gasteiger partial charge < -0.3 is 25.6 Å². The van der Waals surface area contributed by atoms with E-state index in [0.29, 0.717) is 12.8 Å². The van der Waals surface area contributed by atoms with Crippen molar-refractivity contribution in [2.24, 2.45) is 0 Å². The molecule has 9 nitrogen and oxygen atoms in total. The first kappa shape index (κ1) is 36.6. The van der Waals surface area contributed by atoms with Gasteiger partial charge in [0.1, 0.15) is 12.1 Å². The molecule has 0 aromatic carbocycles. The molecular formula is C30H54N2O7. The third kappa shape index (κ3) is 23.2. The summed E-state index contributed by atoms with van der Waals surface area (Å²) in [5.41, 5.74) is 0. The number of hydrogen-bond donors (Lipinski definition) is 4. The summed E-state index contributed by atoms with van der Waals surface area (Å²) in [6, 6.07) is -1.39. The van der Waals surface area contributed by atoms with Crippen LogP contribution >= 0.6 is 0 Å². The Balaban J connectivity index is 3.99. The van der Waals surface area contributed by atoms with Crippen LogP contribution in [0.4, 0.5) is 0 Å². The number of carboxylic acid groups (broad SMARTS) is 1. The fraction of sp³-hybridized carbons (Fsp3) is 0.800. The topological polar surface area (TPSA) is 142 Å². The predicted octanol–water partition coefficient (Wildman–Crippen LogP) is 5.19. The number of amides is 2. The first-order valence-corrected chi connectivity index (χ1v) is 15.1. The SMILES string of the molecule is CCCC/C=C\CCCCCCCC(=O)OC(CCCC)CCCCCC(=O)NCC(=O)NC(CO)C(=O)O. The van der Waals surface area contributed by atoms with Gasteiger partial charge >= 0.3 is 11.9 Å². The molecule has 226 valence electrons. The minimum Gasteiger partial charge on any atom is -0.480 e. The zero-order valence-corrected chi connectivity index (χ0v) is 24.4. The summed E-state index contributed by atoms with van der Waals surface area (Å²) in [6.45, 7) is 3.26. The molecule has 0 aliphatic carbocycles. The van der Waals surface area contributed by atoms with Crippen LogP contribution in [0.3, 0.4) is 0 Å². The molecule has 0 aromatic rings. The van der Waals surface area contributed by atoms with Gasteiger partial charge in [-0.3, -0.25) is 14.4 Å². The third-order valence-corrected chi connectivity index (χ3v) is 6.51. The van der Waals surface area contributed by atoms with Crippen LogP contribution in [-0.2, 0) is 23.9 Å². The Morgan fingerprint density at radius 3 is 2.00 bits per heavy atom. The zero-order chi connectivity index (χ0) is 29.1. The van der Waals surface area contributed by atoms with E-state index in [1.165, 1.54) is 32.1 Å². The highest BCUT2D eigenvalue weighted by atomic mass is 16.5. The van der Waals surface area contributed by atoms with Crippen molar-refractivity contribution in [2.45, 2.75) is 142 Å². The van der Waals surface area contributed by atoms with Crippen molar-refractivity contribution in [2.75, 3.05) is 13.2 Å². The molecule has 0 saturated heterocycles. The lowest BCUT2D eigenvalue weighted by atomic mass is 10.0. The summed E-state index contributed by atoms with van der Waals surface area (Å²) < 4.78 is 5.76. The number of nitrogens with one attached hydrogen (secondary N) is 2. The van der Waals surface area contributed by atoms with Gasteiger partial charge in [-0.15, -0.1) is 0 Å². The molecule has 2 atom stereocenters. The van der Waals surface area contributed by atoms with Crippen LogP contribution in [0.15, 0.2) is 12.2 Å². The Bertz CT molecular complexity index is 697. The Labute approximate surface area is 235 Å². The fourth-order valence-electron chi connectivity index (χ4n) is 4.09. The van der Waals surface area contributed by atoms with Crippen LogP contribution in [-0.4, -0.2) is 59.3 Å². The molecule has 0 bridgehead atoms. The summed E-state index contributed by atoms with van der Waals surface area (Å²) >= 11 is 0. The number of aliphatic carboxylic acids is 1. The van der Waals surface area contributed by atoms with Crippen LogP contribution in [0.1, 0.15) is 129 Å². The minimum atomic E-state index is -1.39. The average molecular weight is 555 g/mol. The highest BCUT2D eigenvalue weighted by Crippen LogP contribution is 2.16. The molecule has 39 heavy (non-hydrogen) atoms. The van der Waals surface area contributed by atoms with Crippen LogP contribution in [0, 0.1) is 0 Å². The molecule has 0 radical (unpaired) electrons. The molecule has 0 aliphatic heterocycles. The largest absolute Gasteiger partial charge is 0.480 e. The maximum atomic E-state index is 12.3. The first-order chi connectivity index (χ1) is 18.8. The van der Waals surface area contributed by atoms with Crippen LogP contribution in [0.25, 0.3) is 0 Å². The molecule has 0 rings (SSSR count). The van der Waals surface area contributed by atoms with E-state index in [0.717, 1.165) is 64.2 Å². The van der Waals surface area contributed by atoms with E-state index in [1.54, 1.807) is 0 Å². The Kier molecular flexibility index (Phi) is 24.2. The number of aliphatic hydroxyl groups excluding tert-OH is 1. The molecule has 4 N–H and O–H groups in total. The second kappa shape index (κ2) is 25.8. The number of aliphatic hydroxyl groups is 1. The van der Waals surface area contributed by atoms with Gasteiger partial charge in [-0.25, -0.2) is 4.79 Å². The summed E-state index contributed by atoms with van der Waals surface area (Å²) in [4.78, 5) is 46.8. The summed E-state index contributed by atoms with van der Waals surface area (Å²) in [5.74, 6) is -2.42. The number of unbranched alkanes of at least 4 members (excludes halogenated alkanes) is 10. The maximum absolute atomic E-state index is 12.3. The molecule has 2 amide bonds. The van der Waals surface area contributed by atoms with Gasteiger partial charge in [0.15, 0.2) is 0 Å². The van der Waals surface area contributed by atoms with Crippen molar-refractivity contribution in [3.05, 3.63) is 12.2 Å². The first-order valence-electron chi connectivity index (χ1n) is 15.1. The lowest BCUT2D eigenvalue weighted by Gasteiger charge is -2.18. The van der Waals surface area contributed by atoms with Gasteiger partial charge in [0.25, 0.3) is 0 Å². The van der Waals surface area contributed by atoms with Gasteiger partial charge in [-0.1, -0.05) is 77.4 Å². The van der Waals surface area contributed by atoms with Crippen LogP contribution in [0.5, 0.6) is 0 Å². The van der Waals surface area contributed by atoms with Gasteiger partial charge in [0.2, 0.25) is 11.8 Å². The number of carbonyl (C=O) groups excluding carboxylic acids is 3. The predicted molar refractivity (Wildman–Crippen MR) is 153 cm³/mol. The van der Waals surface area contributed by atoms with Crippen molar-refractivity contribution in [3.8, 4) is 0 Å². The van der Waals surface area contributed by atoms with E-state index in [1.807, 2.05) is 0 Å². The number of allylic oxidation sites excluding steroid dienone is 2. The molecule has 0 fully saturated rings. The van der Waals surface area contributed by atoms with Gasteiger partial charge in [0, 0.05) is 12.8 Å². The second-order valence-electron chi connectivity index (χ2n) is 10.2. The molecule has 0 aliphatic rings. The minimum absolute atomic E-state index is 0.0804.